The first-order valence-corrected chi connectivity index (χ1v) is 9.09. The molecular formula is C19H30N2O2. The molecule has 0 saturated heterocycles. The lowest BCUT2D eigenvalue weighted by Gasteiger charge is -2.36. The van der Waals surface area contributed by atoms with E-state index in [-0.39, 0.29) is 5.91 Å². The molecule has 0 unspecified atom stereocenters. The van der Waals surface area contributed by atoms with Crippen molar-refractivity contribution in [3.8, 4) is 0 Å². The maximum absolute atomic E-state index is 12.8. The van der Waals surface area contributed by atoms with Gasteiger partial charge in [-0.25, -0.2) is 0 Å². The van der Waals surface area contributed by atoms with Crippen LogP contribution in [0.5, 0.6) is 0 Å². The van der Waals surface area contributed by atoms with E-state index in [0.29, 0.717) is 31.1 Å². The Balaban J connectivity index is 1.59. The van der Waals surface area contributed by atoms with Gasteiger partial charge in [-0.2, -0.15) is 0 Å². The third kappa shape index (κ3) is 4.17. The van der Waals surface area contributed by atoms with Gasteiger partial charge in [0.05, 0.1) is 13.1 Å². The highest BCUT2D eigenvalue weighted by molar-refractivity contribution is 5.79. The van der Waals surface area contributed by atoms with Crippen molar-refractivity contribution in [2.75, 3.05) is 13.6 Å². The molecule has 128 valence electrons. The molecule has 1 heterocycles. The van der Waals surface area contributed by atoms with Gasteiger partial charge < -0.3 is 9.32 Å². The molecule has 0 bridgehead atoms. The fourth-order valence-corrected chi connectivity index (χ4v) is 3.92. The Bertz CT molecular complexity index is 535. The van der Waals surface area contributed by atoms with Crippen LogP contribution in [0, 0.1) is 12.8 Å². The van der Waals surface area contributed by atoms with Crippen molar-refractivity contribution in [2.24, 2.45) is 5.92 Å². The largest absolute Gasteiger partial charge is 0.464 e. The van der Waals surface area contributed by atoms with Crippen LogP contribution in [0.1, 0.15) is 57.0 Å². The summed E-state index contributed by atoms with van der Waals surface area (Å²) in [6.45, 7) is 5.43. The van der Waals surface area contributed by atoms with E-state index in [9.17, 15) is 4.79 Å². The van der Waals surface area contributed by atoms with Crippen LogP contribution in [0.2, 0.25) is 0 Å². The number of furan rings is 1. The second-order valence-electron chi connectivity index (χ2n) is 7.51. The van der Waals surface area contributed by atoms with Crippen molar-refractivity contribution in [3.63, 3.8) is 0 Å². The standard InChI is InChI=1S/C19H30N2O2/c1-14-6-4-5-7-18(14)20(3)13-19(22)21(16-9-10-16)12-17-11-8-15(2)23-17/h8,11,14,16,18H,4-7,9-10,12-13H2,1-3H3/t14-,18-/m1/s1. The summed E-state index contributed by atoms with van der Waals surface area (Å²) in [6.07, 6.45) is 7.42. The minimum Gasteiger partial charge on any atom is -0.464 e. The molecule has 1 amide bonds. The SMILES string of the molecule is Cc1ccc(CN(C(=O)CN(C)[C@@H]2CCCC[C@H]2C)C2CC2)o1. The first kappa shape index (κ1) is 16.6. The third-order valence-corrected chi connectivity index (χ3v) is 5.45. The zero-order chi connectivity index (χ0) is 16.4. The van der Waals surface area contributed by atoms with E-state index >= 15 is 0 Å². The number of hydrogen-bond donors (Lipinski definition) is 0. The number of hydrogen-bond acceptors (Lipinski definition) is 3. The van der Waals surface area contributed by atoms with Gasteiger partial charge in [0.15, 0.2) is 0 Å². The fourth-order valence-electron chi connectivity index (χ4n) is 3.92. The molecule has 2 aliphatic carbocycles. The predicted octanol–water partition coefficient (Wildman–Crippen LogP) is 3.59. The maximum Gasteiger partial charge on any atom is 0.237 e. The van der Waals surface area contributed by atoms with Crippen molar-refractivity contribution in [1.82, 2.24) is 9.80 Å². The number of aryl methyl sites for hydroxylation is 1. The van der Waals surface area contributed by atoms with E-state index in [1.54, 1.807) is 0 Å². The van der Waals surface area contributed by atoms with Crippen molar-refractivity contribution in [1.29, 1.82) is 0 Å². The van der Waals surface area contributed by atoms with E-state index in [4.69, 9.17) is 4.42 Å². The van der Waals surface area contributed by atoms with E-state index in [2.05, 4.69) is 18.9 Å². The van der Waals surface area contributed by atoms with Gasteiger partial charge in [-0.3, -0.25) is 9.69 Å². The van der Waals surface area contributed by atoms with E-state index < -0.39 is 0 Å². The summed E-state index contributed by atoms with van der Waals surface area (Å²) in [6, 6.07) is 4.94. The molecule has 4 nitrogen and oxygen atoms in total. The monoisotopic (exact) mass is 318 g/mol. The van der Waals surface area contributed by atoms with Gasteiger partial charge in [0.25, 0.3) is 0 Å². The number of likely N-dealkylation sites (N-methyl/N-ethyl adjacent to an activating group) is 1. The third-order valence-electron chi connectivity index (χ3n) is 5.45. The molecular weight excluding hydrogens is 288 g/mol. The molecule has 2 fully saturated rings. The maximum atomic E-state index is 12.8. The first-order chi connectivity index (χ1) is 11.0. The van der Waals surface area contributed by atoms with Crippen molar-refractivity contribution in [3.05, 3.63) is 23.7 Å². The fraction of sp³-hybridized carbons (Fsp3) is 0.737. The average Bonchev–Trinajstić information content (AvgIpc) is 3.27. The van der Waals surface area contributed by atoms with Crippen molar-refractivity contribution < 1.29 is 9.21 Å². The van der Waals surface area contributed by atoms with Gasteiger partial charge in [-0.05, 0) is 57.7 Å². The van der Waals surface area contributed by atoms with Crippen LogP contribution < -0.4 is 0 Å². The summed E-state index contributed by atoms with van der Waals surface area (Å²) in [5.74, 6) is 2.76. The quantitative estimate of drug-likeness (QED) is 0.804. The van der Waals surface area contributed by atoms with Gasteiger partial charge in [0, 0.05) is 12.1 Å². The molecule has 2 saturated carbocycles. The Morgan fingerprint density at radius 3 is 2.57 bits per heavy atom. The number of nitrogens with zero attached hydrogens (tertiary/aromatic N) is 2. The van der Waals surface area contributed by atoms with Gasteiger partial charge in [-0.15, -0.1) is 0 Å². The molecule has 1 aromatic heterocycles. The normalized spacial score (nSPS) is 24.9. The minimum atomic E-state index is 0.252. The van der Waals surface area contributed by atoms with Crippen LogP contribution in [-0.2, 0) is 11.3 Å². The molecule has 3 rings (SSSR count). The lowest BCUT2D eigenvalue weighted by Crippen LogP contribution is -2.46. The van der Waals surface area contributed by atoms with Gasteiger partial charge in [-0.1, -0.05) is 19.8 Å². The summed E-state index contributed by atoms with van der Waals surface area (Å²) in [5, 5.41) is 0. The second-order valence-corrected chi connectivity index (χ2v) is 7.51. The van der Waals surface area contributed by atoms with E-state index in [1.807, 2.05) is 24.0 Å². The molecule has 0 aromatic carbocycles. The van der Waals surface area contributed by atoms with E-state index in [1.165, 1.54) is 25.7 Å². The zero-order valence-corrected chi connectivity index (χ0v) is 14.8. The van der Waals surface area contributed by atoms with Crippen molar-refractivity contribution in [2.45, 2.75) is 71.0 Å². The molecule has 0 N–H and O–H groups in total. The Hall–Kier alpha value is -1.29. The highest BCUT2D eigenvalue weighted by Gasteiger charge is 2.34. The van der Waals surface area contributed by atoms with Gasteiger partial charge in [0.2, 0.25) is 5.91 Å². The van der Waals surface area contributed by atoms with Crippen LogP contribution in [-0.4, -0.2) is 41.4 Å². The zero-order valence-electron chi connectivity index (χ0n) is 14.8. The smallest absolute Gasteiger partial charge is 0.237 e. The molecule has 0 aliphatic heterocycles. The number of amides is 1. The Labute approximate surface area is 139 Å². The highest BCUT2D eigenvalue weighted by Crippen LogP contribution is 2.30. The average molecular weight is 318 g/mol. The number of rotatable bonds is 6. The van der Waals surface area contributed by atoms with Crippen LogP contribution in [0.4, 0.5) is 0 Å². The Morgan fingerprint density at radius 2 is 1.96 bits per heavy atom. The molecule has 0 spiro atoms. The lowest BCUT2D eigenvalue weighted by atomic mass is 9.85. The Kier molecular flexibility index (Phi) is 5.10. The van der Waals surface area contributed by atoms with Crippen LogP contribution in [0.15, 0.2) is 16.5 Å². The van der Waals surface area contributed by atoms with Crippen LogP contribution >= 0.6 is 0 Å². The van der Waals surface area contributed by atoms with Gasteiger partial charge >= 0.3 is 0 Å². The summed E-state index contributed by atoms with van der Waals surface area (Å²) < 4.78 is 5.67. The van der Waals surface area contributed by atoms with Crippen LogP contribution in [0.25, 0.3) is 0 Å². The highest BCUT2D eigenvalue weighted by atomic mass is 16.3. The topological polar surface area (TPSA) is 36.7 Å². The Morgan fingerprint density at radius 1 is 1.22 bits per heavy atom. The van der Waals surface area contributed by atoms with Crippen LogP contribution in [0.3, 0.4) is 0 Å². The summed E-state index contributed by atoms with van der Waals surface area (Å²) in [7, 11) is 2.12. The van der Waals surface area contributed by atoms with E-state index in [0.717, 1.165) is 24.4 Å². The second kappa shape index (κ2) is 7.08. The molecule has 23 heavy (non-hydrogen) atoms. The molecule has 2 aliphatic rings. The lowest BCUT2D eigenvalue weighted by molar-refractivity contribution is -0.134. The predicted molar refractivity (Wildman–Crippen MR) is 91.1 cm³/mol. The summed E-state index contributed by atoms with van der Waals surface area (Å²) in [5.41, 5.74) is 0. The first-order valence-electron chi connectivity index (χ1n) is 9.09. The molecule has 4 heteroatoms. The number of carbonyl (C=O) groups is 1. The summed E-state index contributed by atoms with van der Waals surface area (Å²) in [4.78, 5) is 17.2. The minimum absolute atomic E-state index is 0.252. The molecule has 2 atom stereocenters. The summed E-state index contributed by atoms with van der Waals surface area (Å²) >= 11 is 0. The molecule has 0 radical (unpaired) electrons. The number of carbonyl (C=O) groups excluding carboxylic acids is 1. The molecule has 1 aromatic rings. The van der Waals surface area contributed by atoms with Crippen molar-refractivity contribution >= 4 is 5.91 Å². The van der Waals surface area contributed by atoms with Gasteiger partial charge in [0.1, 0.15) is 11.5 Å².